The Balaban J connectivity index is 2.02. The van der Waals surface area contributed by atoms with Crippen LogP contribution in [-0.4, -0.2) is 11.8 Å². The van der Waals surface area contributed by atoms with Gasteiger partial charge in [0.05, 0.1) is 10.6 Å². The molecule has 0 bridgehead atoms. The average molecular weight is 354 g/mol. The van der Waals surface area contributed by atoms with Crippen molar-refractivity contribution in [3.63, 3.8) is 0 Å². The van der Waals surface area contributed by atoms with E-state index in [-0.39, 0.29) is 5.56 Å². The first-order valence-corrected chi connectivity index (χ1v) is 6.86. The Morgan fingerprint density at radius 3 is 2.30 bits per heavy atom. The number of rotatable bonds is 2. The number of hydrazine groups is 1. The maximum atomic E-state index is 11.9. The summed E-state index contributed by atoms with van der Waals surface area (Å²) in [5, 5.41) is 0.305. The molecule has 0 aromatic heterocycles. The molecule has 6 heteroatoms. The third-order valence-electron chi connectivity index (χ3n) is 2.50. The van der Waals surface area contributed by atoms with E-state index < -0.39 is 11.8 Å². The molecule has 102 valence electrons. The molecule has 2 rings (SSSR count). The summed E-state index contributed by atoms with van der Waals surface area (Å²) in [6.45, 7) is 0. The van der Waals surface area contributed by atoms with E-state index in [1.807, 2.05) is 0 Å². The first-order chi connectivity index (χ1) is 9.58. The molecule has 0 saturated carbocycles. The number of hydrogen-bond donors (Lipinski definition) is 2. The van der Waals surface area contributed by atoms with Gasteiger partial charge in [-0.25, -0.2) is 0 Å². The molecule has 0 aliphatic carbocycles. The van der Waals surface area contributed by atoms with Crippen molar-refractivity contribution in [2.75, 3.05) is 0 Å². The van der Waals surface area contributed by atoms with Crippen molar-refractivity contribution in [2.24, 2.45) is 0 Å². The minimum atomic E-state index is -0.486. The summed E-state index contributed by atoms with van der Waals surface area (Å²) in [4.78, 5) is 23.7. The highest BCUT2D eigenvalue weighted by molar-refractivity contribution is 9.10. The van der Waals surface area contributed by atoms with E-state index in [2.05, 4.69) is 26.8 Å². The standard InChI is InChI=1S/C14H10BrClN2O2/c15-10-6-7-12(16)11(8-10)14(20)18-17-13(19)9-4-2-1-3-5-9/h1-8H,(H,17,19)(H,18,20). The van der Waals surface area contributed by atoms with Gasteiger partial charge in [0.2, 0.25) is 0 Å². The smallest absolute Gasteiger partial charge is 0.267 e. The maximum absolute atomic E-state index is 11.9. The van der Waals surface area contributed by atoms with Crippen molar-refractivity contribution < 1.29 is 9.59 Å². The molecule has 2 amide bonds. The minimum absolute atomic E-state index is 0.273. The average Bonchev–Trinajstić information content (AvgIpc) is 2.47. The van der Waals surface area contributed by atoms with Crippen molar-refractivity contribution in [2.45, 2.75) is 0 Å². The molecule has 0 radical (unpaired) electrons. The highest BCUT2D eigenvalue weighted by atomic mass is 79.9. The third-order valence-corrected chi connectivity index (χ3v) is 3.32. The van der Waals surface area contributed by atoms with Crippen LogP contribution in [0.25, 0.3) is 0 Å². The van der Waals surface area contributed by atoms with Gasteiger partial charge in [0.25, 0.3) is 11.8 Å². The molecular weight excluding hydrogens is 344 g/mol. The monoisotopic (exact) mass is 352 g/mol. The second-order valence-corrected chi connectivity index (χ2v) is 5.22. The van der Waals surface area contributed by atoms with Crippen LogP contribution in [-0.2, 0) is 0 Å². The molecule has 0 aliphatic heterocycles. The van der Waals surface area contributed by atoms with E-state index in [0.717, 1.165) is 4.47 Å². The van der Waals surface area contributed by atoms with Gasteiger partial charge < -0.3 is 0 Å². The summed E-state index contributed by atoms with van der Waals surface area (Å²) in [7, 11) is 0. The van der Waals surface area contributed by atoms with Crippen LogP contribution in [0.3, 0.4) is 0 Å². The van der Waals surface area contributed by atoms with E-state index in [4.69, 9.17) is 11.6 Å². The topological polar surface area (TPSA) is 58.2 Å². The molecule has 4 nitrogen and oxygen atoms in total. The van der Waals surface area contributed by atoms with Crippen LogP contribution in [0.5, 0.6) is 0 Å². The van der Waals surface area contributed by atoms with Crippen LogP contribution in [0, 0.1) is 0 Å². The summed E-state index contributed by atoms with van der Waals surface area (Å²) < 4.78 is 0.724. The first kappa shape index (κ1) is 14.6. The Hall–Kier alpha value is -1.85. The molecule has 0 spiro atoms. The van der Waals surface area contributed by atoms with Gasteiger partial charge in [-0.2, -0.15) is 0 Å². The molecule has 2 N–H and O–H groups in total. The molecule has 0 saturated heterocycles. The van der Waals surface area contributed by atoms with Gasteiger partial charge >= 0.3 is 0 Å². The van der Waals surface area contributed by atoms with Crippen LogP contribution < -0.4 is 10.9 Å². The highest BCUT2D eigenvalue weighted by Crippen LogP contribution is 2.20. The zero-order valence-corrected chi connectivity index (χ0v) is 12.5. The molecule has 2 aromatic carbocycles. The maximum Gasteiger partial charge on any atom is 0.271 e. The molecule has 0 unspecified atom stereocenters. The second-order valence-electron chi connectivity index (χ2n) is 3.90. The Morgan fingerprint density at radius 1 is 0.950 bits per heavy atom. The number of nitrogens with one attached hydrogen (secondary N) is 2. The summed E-state index contributed by atoms with van der Waals surface area (Å²) >= 11 is 9.18. The van der Waals surface area contributed by atoms with Gasteiger partial charge in [-0.05, 0) is 30.3 Å². The van der Waals surface area contributed by atoms with Gasteiger partial charge in [0.15, 0.2) is 0 Å². The van der Waals surface area contributed by atoms with E-state index in [0.29, 0.717) is 10.6 Å². The Bertz CT molecular complexity index is 647. The predicted octanol–water partition coefficient (Wildman–Crippen LogP) is 3.18. The Labute approximate surface area is 129 Å². The quantitative estimate of drug-likeness (QED) is 0.815. The lowest BCUT2D eigenvalue weighted by atomic mass is 10.2. The lowest BCUT2D eigenvalue weighted by Crippen LogP contribution is -2.41. The fraction of sp³-hybridized carbons (Fsp3) is 0. The zero-order chi connectivity index (χ0) is 14.5. The minimum Gasteiger partial charge on any atom is -0.267 e. The van der Waals surface area contributed by atoms with E-state index >= 15 is 0 Å². The molecule has 0 fully saturated rings. The van der Waals surface area contributed by atoms with Crippen LogP contribution >= 0.6 is 27.5 Å². The molecular formula is C14H10BrClN2O2. The van der Waals surface area contributed by atoms with Crippen molar-refractivity contribution in [3.05, 3.63) is 69.2 Å². The van der Waals surface area contributed by atoms with Crippen LogP contribution in [0.2, 0.25) is 5.02 Å². The number of amides is 2. The van der Waals surface area contributed by atoms with Gasteiger partial charge in [-0.3, -0.25) is 20.4 Å². The third kappa shape index (κ3) is 3.59. The summed E-state index contributed by atoms with van der Waals surface area (Å²) in [6.07, 6.45) is 0. The van der Waals surface area contributed by atoms with Crippen molar-refractivity contribution in [1.82, 2.24) is 10.9 Å². The van der Waals surface area contributed by atoms with Gasteiger partial charge in [-0.1, -0.05) is 45.7 Å². The van der Waals surface area contributed by atoms with Crippen molar-refractivity contribution in [1.29, 1.82) is 0 Å². The van der Waals surface area contributed by atoms with Crippen LogP contribution in [0.4, 0.5) is 0 Å². The molecule has 0 aliphatic rings. The number of halogens is 2. The first-order valence-electron chi connectivity index (χ1n) is 5.68. The number of benzene rings is 2. The van der Waals surface area contributed by atoms with E-state index in [1.54, 1.807) is 48.5 Å². The normalized spacial score (nSPS) is 9.90. The lowest BCUT2D eigenvalue weighted by molar-refractivity contribution is 0.0846. The summed E-state index contributed by atoms with van der Waals surface area (Å²) in [6, 6.07) is 13.5. The predicted molar refractivity (Wildman–Crippen MR) is 80.5 cm³/mol. The van der Waals surface area contributed by atoms with E-state index in [9.17, 15) is 9.59 Å². The fourth-order valence-electron chi connectivity index (χ4n) is 1.51. The number of carbonyl (C=O) groups excluding carboxylic acids is 2. The van der Waals surface area contributed by atoms with Crippen LogP contribution in [0.1, 0.15) is 20.7 Å². The van der Waals surface area contributed by atoms with Crippen molar-refractivity contribution in [3.8, 4) is 0 Å². The van der Waals surface area contributed by atoms with E-state index in [1.165, 1.54) is 0 Å². The van der Waals surface area contributed by atoms with Gasteiger partial charge in [0, 0.05) is 10.0 Å². The van der Waals surface area contributed by atoms with Gasteiger partial charge in [-0.15, -0.1) is 0 Å². The SMILES string of the molecule is O=C(NNC(=O)c1cc(Br)ccc1Cl)c1ccccc1. The molecule has 0 atom stereocenters. The number of hydrogen-bond acceptors (Lipinski definition) is 2. The number of carbonyl (C=O) groups is 2. The second kappa shape index (κ2) is 6.54. The van der Waals surface area contributed by atoms with Crippen molar-refractivity contribution >= 4 is 39.3 Å². The Morgan fingerprint density at radius 2 is 1.60 bits per heavy atom. The van der Waals surface area contributed by atoms with Crippen LogP contribution in [0.15, 0.2) is 53.0 Å². The van der Waals surface area contributed by atoms with Gasteiger partial charge in [0.1, 0.15) is 0 Å². The molecule has 0 heterocycles. The molecule has 2 aromatic rings. The fourth-order valence-corrected chi connectivity index (χ4v) is 2.08. The zero-order valence-electron chi connectivity index (χ0n) is 10.2. The molecule has 20 heavy (non-hydrogen) atoms. The summed E-state index contributed by atoms with van der Waals surface area (Å²) in [5.74, 6) is -0.884. The largest absolute Gasteiger partial charge is 0.271 e. The lowest BCUT2D eigenvalue weighted by Gasteiger charge is -2.08. The highest BCUT2D eigenvalue weighted by Gasteiger charge is 2.12. The Kier molecular flexibility index (Phi) is 4.76. The summed E-state index contributed by atoms with van der Waals surface area (Å²) in [5.41, 5.74) is 5.38.